The van der Waals surface area contributed by atoms with E-state index in [1.807, 2.05) is 24.3 Å². The molecule has 1 fully saturated rings. The van der Waals surface area contributed by atoms with E-state index >= 15 is 0 Å². The van der Waals surface area contributed by atoms with E-state index in [0.717, 1.165) is 11.3 Å². The molecule has 0 bridgehead atoms. The molecule has 1 atom stereocenters. The molecule has 1 unspecified atom stereocenters. The van der Waals surface area contributed by atoms with E-state index < -0.39 is 10.0 Å². The molecule has 27 heavy (non-hydrogen) atoms. The molecule has 0 spiro atoms. The monoisotopic (exact) mass is 392 g/mol. The molecule has 8 nitrogen and oxygen atoms in total. The molecule has 0 aliphatic carbocycles. The summed E-state index contributed by atoms with van der Waals surface area (Å²) in [6.45, 7) is 0.973. The number of methoxy groups -OCH3 is 1. The molecule has 1 aromatic heterocycles. The molecule has 9 heteroatoms. The van der Waals surface area contributed by atoms with E-state index in [-0.39, 0.29) is 17.0 Å². The van der Waals surface area contributed by atoms with Gasteiger partial charge in [0.05, 0.1) is 13.4 Å². The lowest BCUT2D eigenvalue weighted by Crippen LogP contribution is -2.36. The lowest BCUT2D eigenvalue weighted by Gasteiger charge is -2.21. The number of imidazole rings is 1. The highest BCUT2D eigenvalue weighted by atomic mass is 32.2. The van der Waals surface area contributed by atoms with Crippen molar-refractivity contribution in [3.05, 3.63) is 42.4 Å². The molecule has 2 heterocycles. The Morgan fingerprint density at radius 2 is 2.15 bits per heavy atom. The molecule has 1 N–H and O–H groups in total. The Morgan fingerprint density at radius 1 is 1.33 bits per heavy atom. The summed E-state index contributed by atoms with van der Waals surface area (Å²) in [6.07, 6.45) is 4.24. The Hall–Kier alpha value is -2.39. The van der Waals surface area contributed by atoms with Crippen molar-refractivity contribution in [2.75, 3.05) is 13.7 Å². The zero-order valence-corrected chi connectivity index (χ0v) is 16.3. The SMILES string of the molecule is COc1cccc(CN2CCC(NS(=O)(=O)c3cn(C)cn3)CCC2=O)c1. The van der Waals surface area contributed by atoms with Crippen molar-refractivity contribution >= 4 is 15.9 Å². The second-order valence-electron chi connectivity index (χ2n) is 6.69. The van der Waals surface area contributed by atoms with Gasteiger partial charge in [0.25, 0.3) is 10.0 Å². The standard InChI is InChI=1S/C18H24N4O4S/c1-21-12-17(19-13-21)27(24,25)20-15-6-7-18(23)22(9-8-15)11-14-4-3-5-16(10-14)26-2/h3-5,10,12-13,15,20H,6-9,11H2,1-2H3. The van der Waals surface area contributed by atoms with Crippen LogP contribution in [0.3, 0.4) is 0 Å². The highest BCUT2D eigenvalue weighted by Gasteiger charge is 2.27. The largest absolute Gasteiger partial charge is 0.497 e. The molecule has 0 saturated carbocycles. The summed E-state index contributed by atoms with van der Waals surface area (Å²) in [5.41, 5.74) is 0.982. The van der Waals surface area contributed by atoms with E-state index in [0.29, 0.717) is 32.4 Å². The molecule has 1 saturated heterocycles. The number of sulfonamides is 1. The van der Waals surface area contributed by atoms with Crippen LogP contribution in [0.2, 0.25) is 0 Å². The van der Waals surface area contributed by atoms with Gasteiger partial charge >= 0.3 is 0 Å². The predicted octanol–water partition coefficient (Wildman–Crippen LogP) is 1.29. The molecule has 2 aromatic rings. The smallest absolute Gasteiger partial charge is 0.259 e. The fraction of sp³-hybridized carbons (Fsp3) is 0.444. The van der Waals surface area contributed by atoms with Gasteiger partial charge in [-0.2, -0.15) is 0 Å². The number of benzene rings is 1. The van der Waals surface area contributed by atoms with E-state index in [1.165, 1.54) is 12.5 Å². The highest BCUT2D eigenvalue weighted by molar-refractivity contribution is 7.89. The van der Waals surface area contributed by atoms with Gasteiger partial charge < -0.3 is 14.2 Å². The molecule has 3 rings (SSSR count). The third-order valence-corrected chi connectivity index (χ3v) is 6.00. The first-order chi connectivity index (χ1) is 12.9. The first-order valence-corrected chi connectivity index (χ1v) is 10.3. The van der Waals surface area contributed by atoms with E-state index in [9.17, 15) is 13.2 Å². The number of aromatic nitrogens is 2. The number of likely N-dealkylation sites (tertiary alicyclic amines) is 1. The average Bonchev–Trinajstić information content (AvgIpc) is 3.02. The summed E-state index contributed by atoms with van der Waals surface area (Å²) in [6, 6.07) is 7.30. The Morgan fingerprint density at radius 3 is 2.85 bits per heavy atom. The van der Waals surface area contributed by atoms with Crippen LogP contribution in [0.15, 0.2) is 41.8 Å². The maximum atomic E-state index is 12.5. The third-order valence-electron chi connectivity index (χ3n) is 4.59. The third kappa shape index (κ3) is 4.86. The molecule has 1 amide bonds. The second-order valence-corrected chi connectivity index (χ2v) is 8.35. The minimum Gasteiger partial charge on any atom is -0.497 e. The number of carbonyl (C=O) groups excluding carboxylic acids is 1. The lowest BCUT2D eigenvalue weighted by molar-refractivity contribution is -0.131. The maximum Gasteiger partial charge on any atom is 0.259 e. The van der Waals surface area contributed by atoms with Crippen LogP contribution in [0.25, 0.3) is 0 Å². The summed E-state index contributed by atoms with van der Waals surface area (Å²) < 4.78 is 34.4. The van der Waals surface area contributed by atoms with Gasteiger partial charge in [-0.05, 0) is 30.5 Å². The number of aryl methyl sites for hydroxylation is 1. The topological polar surface area (TPSA) is 93.5 Å². The van der Waals surface area contributed by atoms with Crippen molar-refractivity contribution in [2.45, 2.75) is 36.9 Å². The number of hydrogen-bond acceptors (Lipinski definition) is 5. The summed E-state index contributed by atoms with van der Waals surface area (Å²) in [5, 5.41) is -0.00573. The Kier molecular flexibility index (Phi) is 5.81. The van der Waals surface area contributed by atoms with Crippen LogP contribution in [0, 0.1) is 0 Å². The first-order valence-electron chi connectivity index (χ1n) is 8.78. The molecule has 0 radical (unpaired) electrons. The first kappa shape index (κ1) is 19.4. The molecule has 1 aliphatic heterocycles. The number of nitrogens with zero attached hydrogens (tertiary/aromatic N) is 3. The Bertz CT molecular complexity index is 910. The van der Waals surface area contributed by atoms with Crippen molar-refractivity contribution in [2.24, 2.45) is 7.05 Å². The summed E-state index contributed by atoms with van der Waals surface area (Å²) in [5.74, 6) is 0.771. The summed E-state index contributed by atoms with van der Waals surface area (Å²) >= 11 is 0. The molecule has 1 aromatic carbocycles. The van der Waals surface area contributed by atoms with Gasteiger partial charge in [-0.3, -0.25) is 4.79 Å². The number of carbonyl (C=O) groups is 1. The summed E-state index contributed by atoms with van der Waals surface area (Å²) in [4.78, 5) is 18.1. The van der Waals surface area contributed by atoms with Crippen LogP contribution in [0.1, 0.15) is 24.8 Å². The fourth-order valence-electron chi connectivity index (χ4n) is 3.12. The highest BCUT2D eigenvalue weighted by Crippen LogP contribution is 2.19. The number of nitrogens with one attached hydrogen (secondary N) is 1. The normalized spacial score (nSPS) is 18.4. The van der Waals surface area contributed by atoms with Gasteiger partial charge in [0.15, 0.2) is 5.03 Å². The van der Waals surface area contributed by atoms with Crippen LogP contribution >= 0.6 is 0 Å². The fourth-order valence-corrected chi connectivity index (χ4v) is 4.41. The van der Waals surface area contributed by atoms with Gasteiger partial charge in [0, 0.05) is 38.8 Å². The quantitative estimate of drug-likeness (QED) is 0.800. The number of amides is 1. The van der Waals surface area contributed by atoms with Crippen LogP contribution in [-0.4, -0.2) is 48.5 Å². The average molecular weight is 392 g/mol. The molecule has 146 valence electrons. The maximum absolute atomic E-state index is 12.5. The van der Waals surface area contributed by atoms with E-state index in [1.54, 1.807) is 23.6 Å². The van der Waals surface area contributed by atoms with Crippen LogP contribution in [0.4, 0.5) is 0 Å². The zero-order valence-electron chi connectivity index (χ0n) is 15.5. The van der Waals surface area contributed by atoms with Crippen molar-refractivity contribution in [3.8, 4) is 5.75 Å². The number of rotatable bonds is 6. The van der Waals surface area contributed by atoms with Crippen molar-refractivity contribution in [1.29, 1.82) is 0 Å². The van der Waals surface area contributed by atoms with Gasteiger partial charge in [-0.15, -0.1) is 0 Å². The lowest BCUT2D eigenvalue weighted by atomic mass is 10.1. The Balaban J connectivity index is 1.64. The van der Waals surface area contributed by atoms with E-state index in [4.69, 9.17) is 4.74 Å². The number of hydrogen-bond donors (Lipinski definition) is 1. The van der Waals surface area contributed by atoms with Crippen LogP contribution < -0.4 is 9.46 Å². The molecular weight excluding hydrogens is 368 g/mol. The van der Waals surface area contributed by atoms with Gasteiger partial charge in [0.2, 0.25) is 5.91 Å². The number of ether oxygens (including phenoxy) is 1. The second kappa shape index (κ2) is 8.10. The zero-order chi connectivity index (χ0) is 19.4. The van der Waals surface area contributed by atoms with Crippen LogP contribution in [0.5, 0.6) is 5.75 Å². The van der Waals surface area contributed by atoms with Gasteiger partial charge in [-0.1, -0.05) is 12.1 Å². The van der Waals surface area contributed by atoms with Crippen LogP contribution in [-0.2, 0) is 28.4 Å². The van der Waals surface area contributed by atoms with Crippen molar-refractivity contribution < 1.29 is 17.9 Å². The minimum absolute atomic E-state index is 0.00573. The predicted molar refractivity (Wildman–Crippen MR) is 99.6 cm³/mol. The van der Waals surface area contributed by atoms with Gasteiger partial charge in [-0.25, -0.2) is 18.1 Å². The molecule has 1 aliphatic rings. The Labute approximate surface area is 159 Å². The van der Waals surface area contributed by atoms with Gasteiger partial charge in [0.1, 0.15) is 5.75 Å². The van der Waals surface area contributed by atoms with E-state index in [2.05, 4.69) is 9.71 Å². The van der Waals surface area contributed by atoms with Crippen molar-refractivity contribution in [3.63, 3.8) is 0 Å². The minimum atomic E-state index is -3.69. The summed E-state index contributed by atoms with van der Waals surface area (Å²) in [7, 11) is -0.366. The van der Waals surface area contributed by atoms with Crippen molar-refractivity contribution in [1.82, 2.24) is 19.2 Å². The molecular formula is C18H24N4O4S.